The SMILES string of the molecule is Cc1c(NCC(O)CN(C=O)c2c(C)c(C(=O)NCC(O)CO)c(C)c(C(=O)NCC(O)CO)c2C)c(C)c(C(=O)NCC(O)CO)c(C)c1C(=O)NCC(O)CO. The second-order valence-corrected chi connectivity index (χ2v) is 14.0. The maximum Gasteiger partial charge on any atom is 0.252 e. The molecule has 20 nitrogen and oxygen atoms in total. The van der Waals surface area contributed by atoms with E-state index in [1.54, 1.807) is 13.8 Å². The third-order valence-electron chi connectivity index (χ3n) is 9.54. The van der Waals surface area contributed by atoms with Crippen LogP contribution in [0, 0.1) is 41.5 Å². The summed E-state index contributed by atoms with van der Waals surface area (Å²) < 4.78 is 0. The number of hydrogen-bond donors (Lipinski definition) is 14. The number of aliphatic hydroxyl groups is 9. The lowest BCUT2D eigenvalue weighted by atomic mass is 9.89. The van der Waals surface area contributed by atoms with Crippen molar-refractivity contribution in [3.05, 3.63) is 55.6 Å². The maximum atomic E-state index is 13.5. The number of carbonyl (C=O) groups excluding carboxylic acids is 5. The molecule has 0 radical (unpaired) electrons. The van der Waals surface area contributed by atoms with Crippen LogP contribution in [0.4, 0.5) is 11.4 Å². The Labute approximate surface area is 335 Å². The smallest absolute Gasteiger partial charge is 0.252 e. The molecule has 2 aromatic carbocycles. The van der Waals surface area contributed by atoms with Crippen molar-refractivity contribution < 1.29 is 69.9 Å². The Morgan fingerprint density at radius 3 is 1.05 bits per heavy atom. The number of nitrogens with one attached hydrogen (secondary N) is 5. The Morgan fingerprint density at radius 2 is 0.776 bits per heavy atom. The number of rotatable bonds is 23. The summed E-state index contributed by atoms with van der Waals surface area (Å²) in [7, 11) is 0. The molecule has 5 atom stereocenters. The first-order valence-electron chi connectivity index (χ1n) is 18.5. The first-order chi connectivity index (χ1) is 27.3. The fraction of sp³-hybridized carbons (Fsp3) is 0.553. The summed E-state index contributed by atoms with van der Waals surface area (Å²) in [4.78, 5) is 67.6. The van der Waals surface area contributed by atoms with E-state index in [-0.39, 0.29) is 88.6 Å². The van der Waals surface area contributed by atoms with Gasteiger partial charge in [0.2, 0.25) is 6.41 Å². The first-order valence-corrected chi connectivity index (χ1v) is 18.5. The Morgan fingerprint density at radius 1 is 0.483 bits per heavy atom. The number of aliphatic hydroxyl groups excluding tert-OH is 9. The third-order valence-corrected chi connectivity index (χ3v) is 9.54. The minimum Gasteiger partial charge on any atom is -0.394 e. The zero-order valence-electron chi connectivity index (χ0n) is 33.5. The number of hydrogen-bond acceptors (Lipinski definition) is 15. The van der Waals surface area contributed by atoms with E-state index in [9.17, 15) is 69.9 Å². The quantitative estimate of drug-likeness (QED) is 0.0480. The molecule has 5 amide bonds. The van der Waals surface area contributed by atoms with E-state index in [2.05, 4.69) is 26.6 Å². The molecule has 0 fully saturated rings. The fourth-order valence-electron chi connectivity index (χ4n) is 6.63. The molecule has 0 aliphatic rings. The van der Waals surface area contributed by atoms with Crippen molar-refractivity contribution in [3.8, 4) is 0 Å². The molecule has 0 saturated heterocycles. The molecule has 0 saturated carbocycles. The van der Waals surface area contributed by atoms with E-state index in [0.717, 1.165) is 4.90 Å². The maximum absolute atomic E-state index is 13.5. The van der Waals surface area contributed by atoms with Crippen LogP contribution in [0.3, 0.4) is 0 Å². The standard InChI is InChI=1S/C38H58N6O14/c1-18-29(35(55)40-8-25(51)13-45)20(3)33(21(4)30(18)36(56)41-9-26(52)14-46)39-7-24(50)12-44(17-49)34-22(5)31(37(57)42-10-27(53)15-47)19(2)32(23(34)6)38(58)43-11-28(54)16-48/h17,24-28,39,45-48,50-54H,7-16H2,1-6H3,(H,40,55)(H,41,56)(H,42,57)(H,43,58). The minimum atomic E-state index is -1.38. The van der Waals surface area contributed by atoms with Gasteiger partial charge in [0.1, 0.15) is 0 Å². The molecule has 5 unspecified atom stereocenters. The minimum absolute atomic E-state index is 0.0376. The first kappa shape index (κ1) is 49.4. The summed E-state index contributed by atoms with van der Waals surface area (Å²) in [5.41, 5.74) is 1.86. The van der Waals surface area contributed by atoms with E-state index < -0.39 is 87.1 Å². The second-order valence-electron chi connectivity index (χ2n) is 14.0. The van der Waals surface area contributed by atoms with Crippen molar-refractivity contribution in [1.29, 1.82) is 0 Å². The molecular formula is C38H58N6O14. The highest BCUT2D eigenvalue weighted by Crippen LogP contribution is 2.35. The molecule has 324 valence electrons. The molecule has 14 N–H and O–H groups in total. The average molecular weight is 823 g/mol. The molecule has 58 heavy (non-hydrogen) atoms. The molecule has 20 heteroatoms. The number of amides is 5. The molecule has 0 aliphatic carbocycles. The second kappa shape index (κ2) is 23.0. The van der Waals surface area contributed by atoms with Gasteiger partial charge in [0, 0.05) is 60.7 Å². The zero-order chi connectivity index (χ0) is 44.0. The van der Waals surface area contributed by atoms with Gasteiger partial charge in [-0.05, 0) is 74.9 Å². The summed E-state index contributed by atoms with van der Waals surface area (Å²) in [6, 6.07) is 0. The van der Waals surface area contributed by atoms with Gasteiger partial charge in [-0.25, -0.2) is 0 Å². The van der Waals surface area contributed by atoms with Gasteiger partial charge in [0.15, 0.2) is 0 Å². The summed E-state index contributed by atoms with van der Waals surface area (Å²) in [6.45, 7) is 4.67. The van der Waals surface area contributed by atoms with Crippen LogP contribution in [-0.2, 0) is 4.79 Å². The number of benzene rings is 2. The normalized spacial score (nSPS) is 13.8. The summed E-state index contributed by atoms with van der Waals surface area (Å²) in [5, 5.41) is 101. The van der Waals surface area contributed by atoms with Gasteiger partial charge in [-0.2, -0.15) is 0 Å². The van der Waals surface area contributed by atoms with Gasteiger partial charge in [0.25, 0.3) is 23.6 Å². The van der Waals surface area contributed by atoms with Gasteiger partial charge >= 0.3 is 0 Å². The Hall–Kier alpha value is -4.77. The average Bonchev–Trinajstić information content (AvgIpc) is 3.19. The summed E-state index contributed by atoms with van der Waals surface area (Å²) in [6.07, 6.45) is -6.10. The van der Waals surface area contributed by atoms with Crippen molar-refractivity contribution in [2.75, 3.05) is 75.9 Å². The van der Waals surface area contributed by atoms with E-state index >= 15 is 0 Å². The monoisotopic (exact) mass is 822 g/mol. The van der Waals surface area contributed by atoms with E-state index in [4.69, 9.17) is 0 Å². The molecular weight excluding hydrogens is 764 g/mol. The van der Waals surface area contributed by atoms with Crippen molar-refractivity contribution in [3.63, 3.8) is 0 Å². The lowest BCUT2D eigenvalue weighted by Gasteiger charge is -2.29. The van der Waals surface area contributed by atoms with Crippen molar-refractivity contribution in [2.45, 2.75) is 72.1 Å². The Bertz CT molecular complexity index is 1680. The van der Waals surface area contributed by atoms with Crippen LogP contribution in [0.5, 0.6) is 0 Å². The number of anilines is 2. The molecule has 0 heterocycles. The predicted octanol–water partition coefficient (Wildman–Crippen LogP) is -3.70. The molecule has 2 rings (SSSR count). The van der Waals surface area contributed by atoms with Gasteiger partial charge < -0.3 is 77.4 Å². The van der Waals surface area contributed by atoms with E-state index in [1.165, 1.54) is 27.7 Å². The van der Waals surface area contributed by atoms with E-state index in [1.807, 2.05) is 0 Å². The molecule has 0 aliphatic heterocycles. The van der Waals surface area contributed by atoms with Crippen LogP contribution < -0.4 is 31.5 Å². The summed E-state index contributed by atoms with van der Waals surface area (Å²) in [5.74, 6) is -2.88. The summed E-state index contributed by atoms with van der Waals surface area (Å²) >= 11 is 0. The third kappa shape index (κ3) is 12.4. The Balaban J connectivity index is 2.63. The number of nitrogens with zero attached hydrogens (tertiary/aromatic N) is 1. The molecule has 0 aromatic heterocycles. The molecule has 2 aromatic rings. The van der Waals surface area contributed by atoms with Crippen LogP contribution in [0.1, 0.15) is 74.8 Å². The van der Waals surface area contributed by atoms with Gasteiger partial charge in [0.05, 0.1) is 69.2 Å². The predicted molar refractivity (Wildman–Crippen MR) is 211 cm³/mol. The number of carbonyl (C=O) groups is 5. The van der Waals surface area contributed by atoms with Crippen LogP contribution >= 0.6 is 0 Å². The Kier molecular flexibility index (Phi) is 19.6. The topological polar surface area (TPSA) is 331 Å². The fourth-order valence-corrected chi connectivity index (χ4v) is 6.63. The zero-order valence-corrected chi connectivity index (χ0v) is 33.5. The largest absolute Gasteiger partial charge is 0.394 e. The van der Waals surface area contributed by atoms with Gasteiger partial charge in [-0.3, -0.25) is 24.0 Å². The van der Waals surface area contributed by atoms with Crippen molar-refractivity contribution in [1.82, 2.24) is 21.3 Å². The van der Waals surface area contributed by atoms with Gasteiger partial charge in [-0.1, -0.05) is 0 Å². The van der Waals surface area contributed by atoms with Crippen LogP contribution in [0.15, 0.2) is 0 Å². The van der Waals surface area contributed by atoms with E-state index in [0.29, 0.717) is 17.5 Å². The van der Waals surface area contributed by atoms with Gasteiger partial charge in [-0.15, -0.1) is 0 Å². The van der Waals surface area contributed by atoms with Crippen molar-refractivity contribution in [2.24, 2.45) is 0 Å². The highest BCUT2D eigenvalue weighted by molar-refractivity contribution is 6.08. The highest BCUT2D eigenvalue weighted by atomic mass is 16.3. The lowest BCUT2D eigenvalue weighted by molar-refractivity contribution is -0.107. The van der Waals surface area contributed by atoms with Crippen LogP contribution in [0.25, 0.3) is 0 Å². The van der Waals surface area contributed by atoms with Crippen LogP contribution in [0.2, 0.25) is 0 Å². The highest BCUT2D eigenvalue weighted by Gasteiger charge is 2.30. The van der Waals surface area contributed by atoms with Crippen LogP contribution in [-0.4, -0.2) is 172 Å². The molecule has 0 spiro atoms. The molecule has 0 bridgehead atoms. The van der Waals surface area contributed by atoms with Crippen molar-refractivity contribution >= 4 is 41.4 Å². The lowest BCUT2D eigenvalue weighted by Crippen LogP contribution is -2.39.